The van der Waals surface area contributed by atoms with Crippen molar-refractivity contribution in [3.63, 3.8) is 0 Å². The maximum absolute atomic E-state index is 13.3. The van der Waals surface area contributed by atoms with Crippen molar-refractivity contribution in [1.29, 1.82) is 0 Å². The van der Waals surface area contributed by atoms with Gasteiger partial charge in [-0.15, -0.1) is 0 Å². The molecule has 180 valence electrons. The number of anilines is 1. The first-order chi connectivity index (χ1) is 16.8. The molecule has 2 heterocycles. The first-order valence-corrected chi connectivity index (χ1v) is 11.5. The minimum atomic E-state index is -0.739. The average molecular weight is 472 g/mol. The molecule has 1 amide bonds. The Kier molecular flexibility index (Phi) is 6.87. The molecule has 35 heavy (non-hydrogen) atoms. The number of carbonyl (C=O) groups is 2. The lowest BCUT2D eigenvalue weighted by molar-refractivity contribution is -0.140. The Labute approximate surface area is 205 Å². The molecule has 1 atom stereocenters. The number of aryl methyl sites for hydroxylation is 1. The van der Waals surface area contributed by atoms with Gasteiger partial charge in [-0.2, -0.15) is 0 Å². The molecule has 1 fully saturated rings. The van der Waals surface area contributed by atoms with Crippen LogP contribution in [0.5, 0.6) is 5.75 Å². The van der Waals surface area contributed by atoms with E-state index in [1.807, 2.05) is 69.2 Å². The fourth-order valence-corrected chi connectivity index (χ4v) is 4.34. The van der Waals surface area contributed by atoms with Crippen LogP contribution in [0.25, 0.3) is 5.76 Å². The Balaban J connectivity index is 1.85. The zero-order chi connectivity index (χ0) is 25.1. The van der Waals surface area contributed by atoms with Gasteiger partial charge in [-0.3, -0.25) is 14.6 Å². The number of nitrogens with zero attached hydrogens (tertiary/aromatic N) is 3. The summed E-state index contributed by atoms with van der Waals surface area (Å²) in [6.07, 6.45) is 3.33. The van der Waals surface area contributed by atoms with Crippen LogP contribution in [0, 0.1) is 6.92 Å². The number of Topliss-reactive ketones (excluding diaryl/α,β-unsaturated/α-hetero) is 1. The first-order valence-electron chi connectivity index (χ1n) is 11.5. The van der Waals surface area contributed by atoms with Crippen LogP contribution in [0.15, 0.2) is 72.6 Å². The lowest BCUT2D eigenvalue weighted by Crippen LogP contribution is -2.29. The van der Waals surface area contributed by atoms with E-state index in [9.17, 15) is 14.7 Å². The second kappa shape index (κ2) is 10.0. The van der Waals surface area contributed by atoms with Crippen molar-refractivity contribution in [2.24, 2.45) is 0 Å². The summed E-state index contributed by atoms with van der Waals surface area (Å²) in [6, 6.07) is 15.8. The highest BCUT2D eigenvalue weighted by molar-refractivity contribution is 6.46. The van der Waals surface area contributed by atoms with Gasteiger partial charge in [-0.25, -0.2) is 0 Å². The number of carbonyl (C=O) groups excluding carboxylic acids is 2. The van der Waals surface area contributed by atoms with Crippen molar-refractivity contribution in [3.8, 4) is 5.75 Å². The highest BCUT2D eigenvalue weighted by Gasteiger charge is 2.46. The minimum Gasteiger partial charge on any atom is -0.507 e. The highest BCUT2D eigenvalue weighted by Crippen LogP contribution is 2.41. The van der Waals surface area contributed by atoms with Crippen LogP contribution >= 0.6 is 0 Å². The fourth-order valence-electron chi connectivity index (χ4n) is 4.34. The predicted octanol–water partition coefficient (Wildman–Crippen LogP) is 4.48. The molecule has 7 nitrogen and oxygen atoms in total. The summed E-state index contributed by atoms with van der Waals surface area (Å²) in [7, 11) is 3.89. The van der Waals surface area contributed by atoms with Gasteiger partial charge in [0.25, 0.3) is 11.7 Å². The zero-order valence-electron chi connectivity index (χ0n) is 20.4. The largest absolute Gasteiger partial charge is 0.507 e. The van der Waals surface area contributed by atoms with Crippen molar-refractivity contribution in [2.75, 3.05) is 25.6 Å². The van der Waals surface area contributed by atoms with Crippen LogP contribution < -0.4 is 9.64 Å². The van der Waals surface area contributed by atoms with Crippen molar-refractivity contribution < 1.29 is 19.4 Å². The van der Waals surface area contributed by atoms with Gasteiger partial charge >= 0.3 is 0 Å². The van der Waals surface area contributed by atoms with E-state index in [2.05, 4.69) is 4.98 Å². The van der Waals surface area contributed by atoms with E-state index in [-0.39, 0.29) is 17.9 Å². The molecule has 3 aromatic rings. The first kappa shape index (κ1) is 24.0. The summed E-state index contributed by atoms with van der Waals surface area (Å²) in [5.41, 5.74) is 3.82. The van der Waals surface area contributed by atoms with Crippen molar-refractivity contribution in [2.45, 2.75) is 26.4 Å². The molecular weight excluding hydrogens is 442 g/mol. The van der Waals surface area contributed by atoms with Crippen LogP contribution in [-0.2, 0) is 16.1 Å². The van der Waals surface area contributed by atoms with Crippen molar-refractivity contribution >= 4 is 23.1 Å². The number of rotatable bonds is 7. The maximum Gasteiger partial charge on any atom is 0.295 e. The molecule has 0 radical (unpaired) electrons. The van der Waals surface area contributed by atoms with Crippen molar-refractivity contribution in [3.05, 3.63) is 94.8 Å². The third-order valence-corrected chi connectivity index (χ3v) is 6.10. The lowest BCUT2D eigenvalue weighted by Gasteiger charge is -2.26. The molecule has 0 spiro atoms. The van der Waals surface area contributed by atoms with Crippen LogP contribution in [-0.4, -0.2) is 47.4 Å². The number of aliphatic hydroxyl groups is 1. The van der Waals surface area contributed by atoms with E-state index in [0.29, 0.717) is 17.9 Å². The van der Waals surface area contributed by atoms with Crippen LogP contribution in [0.2, 0.25) is 0 Å². The number of aliphatic hydroxyl groups excluding tert-OH is 1. The van der Waals surface area contributed by atoms with Crippen LogP contribution in [0.3, 0.4) is 0 Å². The molecule has 2 aromatic carbocycles. The second-order valence-electron chi connectivity index (χ2n) is 8.68. The van der Waals surface area contributed by atoms with E-state index in [0.717, 1.165) is 22.4 Å². The number of hydrogen-bond acceptors (Lipinski definition) is 6. The summed E-state index contributed by atoms with van der Waals surface area (Å²) in [6.45, 7) is 4.45. The molecule has 1 aromatic heterocycles. The highest BCUT2D eigenvalue weighted by atomic mass is 16.5. The number of hydrogen-bond donors (Lipinski definition) is 1. The molecule has 0 bridgehead atoms. The van der Waals surface area contributed by atoms with Crippen molar-refractivity contribution in [1.82, 2.24) is 9.88 Å². The fraction of sp³-hybridized carbons (Fsp3) is 0.250. The topological polar surface area (TPSA) is 83.0 Å². The number of pyridine rings is 1. The van der Waals surface area contributed by atoms with Crippen LogP contribution in [0.4, 0.5) is 5.69 Å². The number of likely N-dealkylation sites (tertiary alicyclic amines) is 1. The van der Waals surface area contributed by atoms with Gasteiger partial charge < -0.3 is 19.6 Å². The third kappa shape index (κ3) is 4.75. The number of aromatic nitrogens is 1. The average Bonchev–Trinajstić information content (AvgIpc) is 3.09. The SMILES string of the molecule is CCOc1ccc(/C(O)=C2\C(=O)C(=O)N(Cc3cccnc3)C2c2ccc(N(C)C)cc2)c(C)c1. The number of benzene rings is 2. The Morgan fingerprint density at radius 2 is 1.86 bits per heavy atom. The predicted molar refractivity (Wildman–Crippen MR) is 135 cm³/mol. The summed E-state index contributed by atoms with van der Waals surface area (Å²) >= 11 is 0. The number of amides is 1. The summed E-state index contributed by atoms with van der Waals surface area (Å²) in [4.78, 5) is 34.1. The summed E-state index contributed by atoms with van der Waals surface area (Å²) in [5.74, 6) is -0.879. The molecule has 0 saturated carbocycles. The summed E-state index contributed by atoms with van der Waals surface area (Å²) in [5, 5.41) is 11.4. The molecule has 1 aliphatic heterocycles. The monoisotopic (exact) mass is 471 g/mol. The molecule has 0 aliphatic carbocycles. The molecule has 1 unspecified atom stereocenters. The second-order valence-corrected chi connectivity index (χ2v) is 8.68. The van der Waals surface area contributed by atoms with Gasteiger partial charge in [0.15, 0.2) is 0 Å². The van der Waals surface area contributed by atoms with Gasteiger partial charge in [0.2, 0.25) is 0 Å². The third-order valence-electron chi connectivity index (χ3n) is 6.10. The minimum absolute atomic E-state index is 0.0729. The Bertz CT molecular complexity index is 1270. The van der Waals surface area contributed by atoms with Crippen LogP contribution in [0.1, 0.15) is 35.2 Å². The van der Waals surface area contributed by atoms with Gasteiger partial charge in [-0.05, 0) is 66.9 Å². The number of ether oxygens (including phenoxy) is 1. The van der Waals surface area contributed by atoms with E-state index < -0.39 is 17.7 Å². The normalized spacial score (nSPS) is 17.0. The molecule has 4 rings (SSSR count). The smallest absolute Gasteiger partial charge is 0.295 e. The maximum atomic E-state index is 13.3. The Morgan fingerprint density at radius 3 is 2.46 bits per heavy atom. The van der Waals surface area contributed by atoms with E-state index in [1.165, 1.54) is 4.90 Å². The zero-order valence-corrected chi connectivity index (χ0v) is 20.4. The molecule has 1 N–H and O–H groups in total. The lowest BCUT2D eigenvalue weighted by atomic mass is 9.93. The Morgan fingerprint density at radius 1 is 1.11 bits per heavy atom. The van der Waals surface area contributed by atoms with E-state index >= 15 is 0 Å². The quantitative estimate of drug-likeness (QED) is 0.311. The molecular formula is C28H29N3O4. The summed E-state index contributed by atoms with van der Waals surface area (Å²) < 4.78 is 5.55. The van der Waals surface area contributed by atoms with Gasteiger partial charge in [0.1, 0.15) is 11.5 Å². The van der Waals surface area contributed by atoms with Gasteiger partial charge in [0.05, 0.1) is 18.2 Å². The molecule has 7 heteroatoms. The van der Waals surface area contributed by atoms with Gasteiger partial charge in [0, 0.05) is 44.3 Å². The molecule has 1 aliphatic rings. The Hall–Kier alpha value is -4.13. The number of ketones is 1. The molecule has 1 saturated heterocycles. The van der Waals surface area contributed by atoms with E-state index in [1.54, 1.807) is 30.6 Å². The van der Waals surface area contributed by atoms with Gasteiger partial charge in [-0.1, -0.05) is 18.2 Å². The van der Waals surface area contributed by atoms with E-state index in [4.69, 9.17) is 4.74 Å². The standard InChI is InChI=1S/C28H29N3O4/c1-5-35-22-12-13-23(18(2)15-22)26(32)24-25(20-8-10-21(11-9-20)30(3)4)31(28(34)27(24)33)17-19-7-6-14-29-16-19/h6-16,25,32H,5,17H2,1-4H3/b26-24+.